The van der Waals surface area contributed by atoms with E-state index in [1.165, 1.54) is 24.3 Å². The summed E-state index contributed by atoms with van der Waals surface area (Å²) in [6.45, 7) is 1.16. The van der Waals surface area contributed by atoms with Crippen LogP contribution in [0, 0.1) is 5.21 Å². The Morgan fingerprint density at radius 3 is 2.58 bits per heavy atom. The van der Waals surface area contributed by atoms with E-state index in [2.05, 4.69) is 0 Å². The van der Waals surface area contributed by atoms with Gasteiger partial charge in [0.25, 0.3) is 5.91 Å². The predicted octanol–water partition coefficient (Wildman–Crippen LogP) is 3.18. The zero-order chi connectivity index (χ0) is 19.5. The number of hydrogen-bond acceptors (Lipinski definition) is 4. The second kappa shape index (κ2) is 7.61. The molecule has 1 N–H and O–H groups in total. The molecule has 1 aromatic carbocycles. The van der Waals surface area contributed by atoms with Crippen LogP contribution in [0.1, 0.15) is 23.0 Å². The van der Waals surface area contributed by atoms with Gasteiger partial charge in [-0.1, -0.05) is 11.6 Å². The molecule has 138 valence electrons. The number of ether oxygens (including phenoxy) is 1. The first-order valence-corrected chi connectivity index (χ1v) is 7.54. The molecule has 26 heavy (non-hydrogen) atoms. The average Bonchev–Trinajstić information content (AvgIpc) is 2.55. The van der Waals surface area contributed by atoms with Crippen molar-refractivity contribution >= 4 is 29.2 Å². The van der Waals surface area contributed by atoms with Crippen molar-refractivity contribution in [3.63, 3.8) is 0 Å². The minimum Gasteiger partial charge on any atom is -0.618 e. The van der Waals surface area contributed by atoms with Crippen LogP contribution in [0.5, 0.6) is 0 Å². The Morgan fingerprint density at radius 2 is 1.96 bits per heavy atom. The molecule has 10 heteroatoms. The average molecular weight is 389 g/mol. The van der Waals surface area contributed by atoms with E-state index in [1.54, 1.807) is 0 Å². The molecule has 0 bridgehead atoms. The molecule has 0 unspecified atom stereocenters. The SMILES string of the molecule is C[C@H](OC(=O)c1cccc[n+]1[O-])C(=O)Nc1ccc(Cl)cc1C(F)(F)F. The summed E-state index contributed by atoms with van der Waals surface area (Å²) in [5.41, 5.74) is -2.04. The molecule has 1 heterocycles. The second-order valence-corrected chi connectivity index (χ2v) is 5.57. The number of anilines is 1. The van der Waals surface area contributed by atoms with Crippen molar-refractivity contribution < 1.29 is 32.2 Å². The number of carbonyl (C=O) groups excluding carboxylic acids is 2. The highest BCUT2D eigenvalue weighted by Crippen LogP contribution is 2.36. The smallest absolute Gasteiger partial charge is 0.418 e. The van der Waals surface area contributed by atoms with Gasteiger partial charge >= 0.3 is 17.8 Å². The van der Waals surface area contributed by atoms with Gasteiger partial charge in [0.15, 0.2) is 12.3 Å². The predicted molar refractivity (Wildman–Crippen MR) is 85.4 cm³/mol. The van der Waals surface area contributed by atoms with Crippen molar-refractivity contribution in [2.24, 2.45) is 0 Å². The highest BCUT2D eigenvalue weighted by molar-refractivity contribution is 6.30. The number of benzene rings is 1. The molecule has 0 saturated heterocycles. The van der Waals surface area contributed by atoms with Gasteiger partial charge in [0, 0.05) is 17.2 Å². The van der Waals surface area contributed by atoms with Gasteiger partial charge < -0.3 is 15.3 Å². The van der Waals surface area contributed by atoms with Crippen LogP contribution in [0.15, 0.2) is 42.6 Å². The molecule has 0 aliphatic heterocycles. The number of nitrogens with zero attached hydrogens (tertiary/aromatic N) is 1. The number of hydrogen-bond donors (Lipinski definition) is 1. The molecule has 2 aromatic rings. The Labute approximate surface area is 150 Å². The van der Waals surface area contributed by atoms with E-state index in [-0.39, 0.29) is 15.4 Å². The zero-order valence-corrected chi connectivity index (χ0v) is 14.0. The normalized spacial score (nSPS) is 12.3. The van der Waals surface area contributed by atoms with Gasteiger partial charge in [-0.15, -0.1) is 0 Å². The maximum Gasteiger partial charge on any atom is 0.418 e. The molecule has 2 rings (SSSR count). The fourth-order valence-electron chi connectivity index (χ4n) is 1.96. The van der Waals surface area contributed by atoms with E-state index in [0.717, 1.165) is 19.2 Å². The fourth-order valence-corrected chi connectivity index (χ4v) is 2.13. The number of rotatable bonds is 4. The molecular formula is C16H12ClF3N2O4. The third-order valence-electron chi connectivity index (χ3n) is 3.23. The van der Waals surface area contributed by atoms with Crippen molar-refractivity contribution in [2.45, 2.75) is 19.2 Å². The highest BCUT2D eigenvalue weighted by atomic mass is 35.5. The van der Waals surface area contributed by atoms with Gasteiger partial charge in [-0.3, -0.25) is 4.79 Å². The van der Waals surface area contributed by atoms with Gasteiger partial charge in [-0.25, -0.2) is 4.79 Å². The van der Waals surface area contributed by atoms with E-state index in [4.69, 9.17) is 16.3 Å². The number of carbonyl (C=O) groups is 2. The van der Waals surface area contributed by atoms with Crippen molar-refractivity contribution in [1.29, 1.82) is 0 Å². The molecule has 0 saturated carbocycles. The van der Waals surface area contributed by atoms with Crippen LogP contribution in [-0.2, 0) is 15.7 Å². The van der Waals surface area contributed by atoms with Crippen molar-refractivity contribution in [2.75, 3.05) is 5.32 Å². The van der Waals surface area contributed by atoms with Crippen molar-refractivity contribution in [3.8, 4) is 0 Å². The molecular weight excluding hydrogens is 377 g/mol. The molecule has 0 radical (unpaired) electrons. The lowest BCUT2D eigenvalue weighted by molar-refractivity contribution is -0.608. The van der Waals surface area contributed by atoms with Crippen LogP contribution in [0.25, 0.3) is 0 Å². The zero-order valence-electron chi connectivity index (χ0n) is 13.2. The number of aromatic nitrogens is 1. The second-order valence-electron chi connectivity index (χ2n) is 5.14. The number of esters is 1. The van der Waals surface area contributed by atoms with Gasteiger partial charge in [0.05, 0.1) is 11.3 Å². The topological polar surface area (TPSA) is 82.3 Å². The van der Waals surface area contributed by atoms with Crippen LogP contribution in [0.4, 0.5) is 18.9 Å². The summed E-state index contributed by atoms with van der Waals surface area (Å²) in [4.78, 5) is 23.9. The first-order valence-electron chi connectivity index (χ1n) is 7.16. The Hall–Kier alpha value is -2.81. The Balaban J connectivity index is 2.13. The first kappa shape index (κ1) is 19.5. The van der Waals surface area contributed by atoms with Gasteiger partial charge in [-0.05, 0) is 31.2 Å². The van der Waals surface area contributed by atoms with E-state index >= 15 is 0 Å². The summed E-state index contributed by atoms with van der Waals surface area (Å²) in [6, 6.07) is 6.81. The van der Waals surface area contributed by atoms with Crippen LogP contribution < -0.4 is 10.0 Å². The lowest BCUT2D eigenvalue weighted by Crippen LogP contribution is -2.37. The maximum atomic E-state index is 13.0. The third-order valence-corrected chi connectivity index (χ3v) is 3.47. The molecule has 1 aromatic heterocycles. The van der Waals surface area contributed by atoms with Gasteiger partial charge in [0.1, 0.15) is 0 Å². The minimum absolute atomic E-state index is 0.154. The minimum atomic E-state index is -4.74. The lowest BCUT2D eigenvalue weighted by Gasteiger charge is -2.17. The number of pyridine rings is 1. The standard InChI is InChI=1S/C16H12ClF3N2O4/c1-9(26-15(24)13-4-2-3-7-22(13)25)14(23)21-12-6-5-10(17)8-11(12)16(18,19)20/h2-9H,1H3,(H,21,23)/t9-/m0/s1. The molecule has 1 atom stereocenters. The molecule has 6 nitrogen and oxygen atoms in total. The van der Waals surface area contributed by atoms with Crippen LogP contribution in [-0.4, -0.2) is 18.0 Å². The molecule has 1 amide bonds. The van der Waals surface area contributed by atoms with Gasteiger partial charge in [-0.2, -0.15) is 17.9 Å². The largest absolute Gasteiger partial charge is 0.618 e. The summed E-state index contributed by atoms with van der Waals surface area (Å²) >= 11 is 5.56. The van der Waals surface area contributed by atoms with Crippen LogP contribution >= 0.6 is 11.6 Å². The lowest BCUT2D eigenvalue weighted by atomic mass is 10.1. The number of halogens is 4. The Morgan fingerprint density at radius 1 is 1.27 bits per heavy atom. The number of amides is 1. The number of nitrogens with one attached hydrogen (secondary N) is 1. The molecule has 0 spiro atoms. The molecule has 0 fully saturated rings. The highest BCUT2D eigenvalue weighted by Gasteiger charge is 2.35. The third kappa shape index (κ3) is 4.63. The van der Waals surface area contributed by atoms with E-state index in [9.17, 15) is 28.0 Å². The molecule has 0 aliphatic carbocycles. The van der Waals surface area contributed by atoms with Crippen molar-refractivity contribution in [3.05, 3.63) is 64.1 Å². The number of alkyl halides is 3. The van der Waals surface area contributed by atoms with E-state index in [1.807, 2.05) is 5.32 Å². The maximum absolute atomic E-state index is 13.0. The summed E-state index contributed by atoms with van der Waals surface area (Å²) < 4.78 is 44.1. The summed E-state index contributed by atoms with van der Waals surface area (Å²) in [5.74, 6) is -2.09. The van der Waals surface area contributed by atoms with Crippen LogP contribution in [0.3, 0.4) is 0 Å². The van der Waals surface area contributed by atoms with E-state index < -0.39 is 35.4 Å². The van der Waals surface area contributed by atoms with Crippen molar-refractivity contribution in [1.82, 2.24) is 0 Å². The Kier molecular flexibility index (Phi) is 5.71. The van der Waals surface area contributed by atoms with Crippen LogP contribution in [0.2, 0.25) is 5.02 Å². The van der Waals surface area contributed by atoms with Gasteiger partial charge in [0.2, 0.25) is 0 Å². The quantitative estimate of drug-likeness (QED) is 0.495. The monoisotopic (exact) mass is 388 g/mol. The molecule has 0 aliphatic rings. The summed E-state index contributed by atoms with van der Waals surface area (Å²) in [5, 5.41) is 13.3. The van der Waals surface area contributed by atoms with E-state index in [0.29, 0.717) is 6.07 Å². The summed E-state index contributed by atoms with van der Waals surface area (Å²) in [7, 11) is 0. The summed E-state index contributed by atoms with van der Waals surface area (Å²) in [6.07, 6.45) is -5.13. The Bertz CT molecular complexity index is 842. The first-order chi connectivity index (χ1) is 12.1. The fraction of sp³-hybridized carbons (Fsp3) is 0.188.